The molecule has 0 saturated heterocycles. The van der Waals surface area contributed by atoms with E-state index < -0.39 is 0 Å². The molecule has 0 unspecified atom stereocenters. The fourth-order valence-corrected chi connectivity index (χ4v) is 1.81. The maximum atomic E-state index is 9.29. The van der Waals surface area contributed by atoms with Gasteiger partial charge in [0.25, 0.3) is 0 Å². The number of hydrogen-bond acceptors (Lipinski definition) is 1. The van der Waals surface area contributed by atoms with E-state index in [1.807, 2.05) is 18.3 Å². The Balaban J connectivity index is 2.48. The third-order valence-electron chi connectivity index (χ3n) is 2.89. The third-order valence-corrected chi connectivity index (χ3v) is 2.89. The van der Waals surface area contributed by atoms with Crippen LogP contribution in [0.4, 0.5) is 0 Å². The van der Waals surface area contributed by atoms with Crippen LogP contribution in [0.15, 0.2) is 36.0 Å². The minimum absolute atomic E-state index is 0.122. The van der Waals surface area contributed by atoms with Crippen molar-refractivity contribution in [2.24, 2.45) is 5.92 Å². The van der Waals surface area contributed by atoms with Gasteiger partial charge in [-0.15, -0.1) is 0 Å². The molecule has 0 aliphatic heterocycles. The predicted octanol–water partition coefficient (Wildman–Crippen LogP) is 3.20. The Morgan fingerprint density at radius 2 is 2.12 bits per heavy atom. The van der Waals surface area contributed by atoms with E-state index >= 15 is 0 Å². The van der Waals surface area contributed by atoms with Crippen molar-refractivity contribution in [1.29, 1.82) is 0 Å². The summed E-state index contributed by atoms with van der Waals surface area (Å²) in [6.45, 7) is 4.31. The van der Waals surface area contributed by atoms with Crippen LogP contribution < -0.4 is 0 Å². The number of benzene rings is 1. The van der Waals surface area contributed by atoms with Crippen molar-refractivity contribution in [3.63, 3.8) is 0 Å². The van der Waals surface area contributed by atoms with Crippen molar-refractivity contribution in [3.8, 4) is 0 Å². The van der Waals surface area contributed by atoms with Gasteiger partial charge >= 0.3 is 0 Å². The number of H-pyrrole nitrogens is 1. The zero-order valence-corrected chi connectivity index (χ0v) is 9.70. The van der Waals surface area contributed by atoms with Crippen LogP contribution in [0.1, 0.15) is 19.4 Å². The number of rotatable bonds is 3. The average molecular weight is 215 g/mol. The summed E-state index contributed by atoms with van der Waals surface area (Å²) in [6, 6.07) is 8.19. The summed E-state index contributed by atoms with van der Waals surface area (Å²) in [5.74, 6) is 0.374. The summed E-state index contributed by atoms with van der Waals surface area (Å²) in [5, 5.41) is 10.5. The van der Waals surface area contributed by atoms with Crippen molar-refractivity contribution in [1.82, 2.24) is 4.98 Å². The van der Waals surface area contributed by atoms with E-state index in [2.05, 4.69) is 37.0 Å². The number of fused-ring (bicyclic) bond motifs is 1. The first-order valence-electron chi connectivity index (χ1n) is 5.60. The largest absolute Gasteiger partial charge is 0.392 e. The fraction of sp³-hybridized carbons (Fsp3) is 0.286. The number of para-hydroxylation sites is 1. The molecule has 0 bridgehead atoms. The molecule has 1 aromatic heterocycles. The summed E-state index contributed by atoms with van der Waals surface area (Å²) in [5.41, 5.74) is 3.34. The van der Waals surface area contributed by atoms with Gasteiger partial charge in [0.05, 0.1) is 6.61 Å². The van der Waals surface area contributed by atoms with Gasteiger partial charge in [0.1, 0.15) is 0 Å². The Bertz CT molecular complexity index is 508. The molecule has 0 saturated carbocycles. The molecular weight excluding hydrogens is 198 g/mol. The predicted molar refractivity (Wildman–Crippen MR) is 68.2 cm³/mol. The van der Waals surface area contributed by atoms with Crippen LogP contribution in [0.3, 0.4) is 0 Å². The highest BCUT2D eigenvalue weighted by Crippen LogP contribution is 2.22. The van der Waals surface area contributed by atoms with Crippen molar-refractivity contribution in [2.45, 2.75) is 13.8 Å². The summed E-state index contributed by atoms with van der Waals surface area (Å²) in [4.78, 5) is 3.23. The first-order chi connectivity index (χ1) is 7.72. The van der Waals surface area contributed by atoms with E-state index in [1.54, 1.807) is 0 Å². The van der Waals surface area contributed by atoms with Crippen LogP contribution in [-0.2, 0) is 0 Å². The van der Waals surface area contributed by atoms with E-state index in [1.165, 1.54) is 5.39 Å². The maximum Gasteiger partial charge on any atom is 0.0647 e. The van der Waals surface area contributed by atoms with Gasteiger partial charge in [-0.2, -0.15) is 0 Å². The average Bonchev–Trinajstić information content (AvgIpc) is 2.69. The van der Waals surface area contributed by atoms with Gasteiger partial charge in [0.15, 0.2) is 0 Å². The smallest absolute Gasteiger partial charge is 0.0647 e. The number of aliphatic hydroxyl groups excluding tert-OH is 1. The Hall–Kier alpha value is -1.54. The van der Waals surface area contributed by atoms with Gasteiger partial charge in [0.2, 0.25) is 0 Å². The lowest BCUT2D eigenvalue weighted by Crippen LogP contribution is -1.98. The lowest BCUT2D eigenvalue weighted by atomic mass is 10.0. The molecular formula is C14H17NO. The highest BCUT2D eigenvalue weighted by atomic mass is 16.3. The van der Waals surface area contributed by atoms with Gasteiger partial charge in [-0.3, -0.25) is 0 Å². The van der Waals surface area contributed by atoms with Gasteiger partial charge in [-0.1, -0.05) is 38.1 Å². The monoisotopic (exact) mass is 215 g/mol. The summed E-state index contributed by atoms with van der Waals surface area (Å²) < 4.78 is 0. The van der Waals surface area contributed by atoms with Gasteiger partial charge < -0.3 is 10.1 Å². The van der Waals surface area contributed by atoms with Crippen LogP contribution in [0.5, 0.6) is 0 Å². The molecule has 1 aromatic carbocycles. The number of nitrogens with one attached hydrogen (secondary N) is 1. The number of aromatic nitrogens is 1. The highest BCUT2D eigenvalue weighted by molar-refractivity contribution is 5.89. The molecule has 2 aromatic rings. The normalized spacial score (nSPS) is 12.6. The van der Waals surface area contributed by atoms with E-state index in [-0.39, 0.29) is 6.61 Å². The molecule has 84 valence electrons. The molecule has 0 aliphatic rings. The Morgan fingerprint density at radius 1 is 1.38 bits per heavy atom. The number of aliphatic hydroxyl groups is 1. The Labute approximate surface area is 95.6 Å². The topological polar surface area (TPSA) is 36.0 Å². The standard InChI is InChI=1S/C14H17NO/c1-10(2)12(9-16)7-11-8-15-14-6-4-3-5-13(11)14/h3-8,10,15-16H,9H2,1-2H3. The molecule has 2 nitrogen and oxygen atoms in total. The molecule has 0 aliphatic carbocycles. The van der Waals surface area contributed by atoms with E-state index in [4.69, 9.17) is 0 Å². The summed E-state index contributed by atoms with van der Waals surface area (Å²) >= 11 is 0. The lowest BCUT2D eigenvalue weighted by Gasteiger charge is -2.07. The van der Waals surface area contributed by atoms with E-state index in [0.717, 1.165) is 16.7 Å². The second-order valence-electron chi connectivity index (χ2n) is 4.32. The van der Waals surface area contributed by atoms with Crippen molar-refractivity contribution in [2.75, 3.05) is 6.61 Å². The summed E-state index contributed by atoms with van der Waals surface area (Å²) in [6.07, 6.45) is 4.06. The Morgan fingerprint density at radius 3 is 2.81 bits per heavy atom. The molecule has 0 atom stereocenters. The maximum absolute atomic E-state index is 9.29. The third kappa shape index (κ3) is 2.02. The van der Waals surface area contributed by atoms with Crippen LogP contribution in [0.25, 0.3) is 17.0 Å². The molecule has 2 heteroatoms. The molecule has 1 heterocycles. The molecule has 2 rings (SSSR count). The first kappa shape index (κ1) is 11.0. The minimum Gasteiger partial charge on any atom is -0.392 e. The molecule has 0 spiro atoms. The lowest BCUT2D eigenvalue weighted by molar-refractivity contribution is 0.320. The van der Waals surface area contributed by atoms with E-state index in [9.17, 15) is 5.11 Å². The fourth-order valence-electron chi connectivity index (χ4n) is 1.81. The SMILES string of the molecule is CC(C)C(=Cc1c[nH]c2ccccc12)CO. The summed E-state index contributed by atoms with van der Waals surface area (Å²) in [7, 11) is 0. The molecule has 0 amide bonds. The molecule has 0 radical (unpaired) electrons. The molecule has 2 N–H and O–H groups in total. The van der Waals surface area contributed by atoms with Crippen LogP contribution in [0, 0.1) is 5.92 Å². The van der Waals surface area contributed by atoms with Crippen LogP contribution >= 0.6 is 0 Å². The second kappa shape index (κ2) is 4.54. The van der Waals surface area contributed by atoms with Gasteiger partial charge in [0, 0.05) is 17.1 Å². The van der Waals surface area contributed by atoms with Gasteiger partial charge in [-0.05, 0) is 23.1 Å². The quantitative estimate of drug-likeness (QED) is 0.810. The highest BCUT2D eigenvalue weighted by Gasteiger charge is 2.05. The zero-order valence-electron chi connectivity index (χ0n) is 9.70. The first-order valence-corrected chi connectivity index (χ1v) is 5.60. The zero-order chi connectivity index (χ0) is 11.5. The van der Waals surface area contributed by atoms with Crippen LogP contribution in [-0.4, -0.2) is 16.7 Å². The van der Waals surface area contributed by atoms with Crippen molar-refractivity contribution in [3.05, 3.63) is 41.6 Å². The Kier molecular flexibility index (Phi) is 3.11. The number of aromatic amines is 1. The van der Waals surface area contributed by atoms with Gasteiger partial charge in [-0.25, -0.2) is 0 Å². The van der Waals surface area contributed by atoms with Crippen molar-refractivity contribution < 1.29 is 5.11 Å². The van der Waals surface area contributed by atoms with Crippen LogP contribution in [0.2, 0.25) is 0 Å². The molecule has 16 heavy (non-hydrogen) atoms. The molecule has 0 fully saturated rings. The minimum atomic E-state index is 0.122. The van der Waals surface area contributed by atoms with E-state index in [0.29, 0.717) is 5.92 Å². The van der Waals surface area contributed by atoms with Crippen molar-refractivity contribution >= 4 is 17.0 Å². The number of hydrogen-bond donors (Lipinski definition) is 2. The second-order valence-corrected chi connectivity index (χ2v) is 4.32.